The van der Waals surface area contributed by atoms with Gasteiger partial charge in [-0.15, -0.1) is 0 Å². The fourth-order valence-electron chi connectivity index (χ4n) is 1.14. The molecule has 0 aromatic carbocycles. The highest BCUT2D eigenvalue weighted by molar-refractivity contribution is 7.98. The molecule has 0 amide bonds. The van der Waals surface area contributed by atoms with Crippen LogP contribution in [0.4, 0.5) is 5.69 Å². The van der Waals surface area contributed by atoms with Gasteiger partial charge in [0.05, 0.1) is 16.9 Å². The lowest BCUT2D eigenvalue weighted by Gasteiger charge is -2.00. The monoisotopic (exact) mass is 269 g/mol. The van der Waals surface area contributed by atoms with E-state index in [9.17, 15) is 14.9 Å². The first kappa shape index (κ1) is 12.1. The zero-order chi connectivity index (χ0) is 13.1. The first-order valence-corrected chi connectivity index (χ1v) is 5.63. The van der Waals surface area contributed by atoms with E-state index in [2.05, 4.69) is 15.1 Å². The highest BCUT2D eigenvalue weighted by atomic mass is 32.2. The third-order valence-corrected chi connectivity index (χ3v) is 2.73. The van der Waals surface area contributed by atoms with Gasteiger partial charge in [-0.25, -0.2) is 0 Å². The summed E-state index contributed by atoms with van der Waals surface area (Å²) in [7, 11) is 0. The molecular formula is C8H7N5O4S. The summed E-state index contributed by atoms with van der Waals surface area (Å²) in [5, 5.41) is 23.5. The predicted molar refractivity (Wildman–Crippen MR) is 61.3 cm³/mol. The van der Waals surface area contributed by atoms with Crippen LogP contribution in [0.25, 0.3) is 0 Å². The minimum absolute atomic E-state index is 0.118. The maximum Gasteiger partial charge on any atom is 0.307 e. The molecule has 0 saturated heterocycles. The van der Waals surface area contributed by atoms with Crippen molar-refractivity contribution >= 4 is 17.4 Å². The second-order valence-electron chi connectivity index (χ2n) is 3.18. The van der Waals surface area contributed by atoms with Gasteiger partial charge in [-0.1, -0.05) is 11.8 Å². The van der Waals surface area contributed by atoms with Crippen molar-refractivity contribution in [1.29, 1.82) is 0 Å². The quantitative estimate of drug-likeness (QED) is 0.354. The molecule has 0 fully saturated rings. The van der Waals surface area contributed by atoms with Crippen LogP contribution in [0.5, 0.6) is 5.88 Å². The maximum absolute atomic E-state index is 11.0. The molecule has 0 aliphatic rings. The Morgan fingerprint density at radius 3 is 3.00 bits per heavy atom. The lowest BCUT2D eigenvalue weighted by molar-refractivity contribution is -0.385. The SMILES string of the molecule is O=c1cc(O)nc(SCn2cc([N+](=O)[O-])cn2)[nH]1. The molecule has 2 rings (SSSR count). The Morgan fingerprint density at radius 1 is 1.61 bits per heavy atom. The van der Waals surface area contributed by atoms with Crippen LogP contribution in [0.1, 0.15) is 0 Å². The summed E-state index contributed by atoms with van der Waals surface area (Å²) >= 11 is 1.08. The van der Waals surface area contributed by atoms with Crippen LogP contribution in [0.15, 0.2) is 28.4 Å². The molecule has 10 heteroatoms. The third-order valence-electron chi connectivity index (χ3n) is 1.87. The first-order valence-electron chi connectivity index (χ1n) is 4.64. The van der Waals surface area contributed by atoms with Crippen LogP contribution >= 0.6 is 11.8 Å². The number of thioether (sulfide) groups is 1. The number of aromatic hydroxyl groups is 1. The van der Waals surface area contributed by atoms with E-state index in [1.54, 1.807) is 0 Å². The van der Waals surface area contributed by atoms with Gasteiger partial charge in [0.2, 0.25) is 5.88 Å². The van der Waals surface area contributed by atoms with Crippen molar-refractivity contribution in [3.8, 4) is 5.88 Å². The zero-order valence-electron chi connectivity index (χ0n) is 8.81. The fourth-order valence-corrected chi connectivity index (χ4v) is 1.86. The Balaban J connectivity index is 2.06. The summed E-state index contributed by atoms with van der Waals surface area (Å²) in [4.78, 5) is 27.0. The highest BCUT2D eigenvalue weighted by Gasteiger charge is 2.09. The third kappa shape index (κ3) is 2.85. The minimum atomic E-state index is -0.553. The number of hydrogen-bond donors (Lipinski definition) is 2. The molecule has 0 aliphatic carbocycles. The van der Waals surface area contributed by atoms with E-state index >= 15 is 0 Å². The predicted octanol–water partition coefficient (Wildman–Crippen LogP) is 0.330. The van der Waals surface area contributed by atoms with Gasteiger partial charge in [-0.05, 0) is 0 Å². The van der Waals surface area contributed by atoms with Crippen LogP contribution in [-0.2, 0) is 5.88 Å². The lowest BCUT2D eigenvalue weighted by atomic mass is 10.6. The molecule has 94 valence electrons. The Kier molecular flexibility index (Phi) is 3.28. The summed E-state index contributed by atoms with van der Waals surface area (Å²) in [5.41, 5.74) is -0.593. The number of nitro groups is 1. The topological polar surface area (TPSA) is 127 Å². The average molecular weight is 269 g/mol. The number of nitrogens with one attached hydrogen (secondary N) is 1. The smallest absolute Gasteiger partial charge is 0.307 e. The van der Waals surface area contributed by atoms with Crippen molar-refractivity contribution in [2.24, 2.45) is 0 Å². The van der Waals surface area contributed by atoms with Crippen LogP contribution in [0.3, 0.4) is 0 Å². The number of hydrogen-bond acceptors (Lipinski definition) is 7. The number of rotatable bonds is 4. The minimum Gasteiger partial charge on any atom is -0.493 e. The summed E-state index contributed by atoms with van der Waals surface area (Å²) in [6.07, 6.45) is 2.38. The van der Waals surface area contributed by atoms with E-state index in [1.807, 2.05) is 0 Å². The van der Waals surface area contributed by atoms with Gasteiger partial charge in [0.25, 0.3) is 5.56 Å². The van der Waals surface area contributed by atoms with Crippen LogP contribution in [-0.4, -0.2) is 29.8 Å². The molecule has 0 saturated carbocycles. The van der Waals surface area contributed by atoms with Gasteiger partial charge in [-0.2, -0.15) is 10.1 Å². The highest BCUT2D eigenvalue weighted by Crippen LogP contribution is 2.17. The molecule has 2 N–H and O–H groups in total. The number of aromatic nitrogens is 4. The fraction of sp³-hybridized carbons (Fsp3) is 0.125. The summed E-state index contributed by atoms with van der Waals surface area (Å²) < 4.78 is 1.33. The number of H-pyrrole nitrogens is 1. The van der Waals surface area contributed by atoms with Crippen molar-refractivity contribution in [1.82, 2.24) is 19.7 Å². The van der Waals surface area contributed by atoms with E-state index < -0.39 is 10.5 Å². The molecule has 2 heterocycles. The Hall–Kier alpha value is -2.36. The van der Waals surface area contributed by atoms with Crippen molar-refractivity contribution in [2.75, 3.05) is 0 Å². The van der Waals surface area contributed by atoms with E-state index in [0.29, 0.717) is 0 Å². The molecule has 0 atom stereocenters. The summed E-state index contributed by atoms with van der Waals surface area (Å²) in [6.45, 7) is 0. The van der Waals surface area contributed by atoms with Crippen LogP contribution in [0, 0.1) is 10.1 Å². The van der Waals surface area contributed by atoms with Gasteiger partial charge in [0.1, 0.15) is 12.4 Å². The largest absolute Gasteiger partial charge is 0.493 e. The molecule has 0 bridgehead atoms. The van der Waals surface area contributed by atoms with E-state index in [1.165, 1.54) is 10.9 Å². The lowest BCUT2D eigenvalue weighted by Crippen LogP contribution is -2.06. The maximum atomic E-state index is 11.0. The normalized spacial score (nSPS) is 10.4. The second kappa shape index (κ2) is 4.87. The van der Waals surface area contributed by atoms with Crippen molar-refractivity contribution in [2.45, 2.75) is 11.0 Å². The van der Waals surface area contributed by atoms with Crippen molar-refractivity contribution in [3.05, 3.63) is 38.9 Å². The first-order chi connectivity index (χ1) is 8.54. The Bertz CT molecular complexity index is 636. The molecule has 0 aliphatic heterocycles. The Morgan fingerprint density at radius 2 is 2.39 bits per heavy atom. The molecular weight excluding hydrogens is 262 g/mol. The number of nitrogens with zero attached hydrogens (tertiary/aromatic N) is 4. The van der Waals surface area contributed by atoms with E-state index in [-0.39, 0.29) is 22.6 Å². The van der Waals surface area contributed by atoms with Gasteiger partial charge >= 0.3 is 5.69 Å². The Labute approximate surface area is 104 Å². The molecule has 2 aromatic heterocycles. The van der Waals surface area contributed by atoms with Gasteiger partial charge in [0, 0.05) is 0 Å². The van der Waals surface area contributed by atoms with E-state index in [0.717, 1.165) is 24.0 Å². The summed E-state index contributed by atoms with van der Waals surface area (Å²) in [6, 6.07) is 0.947. The standard InChI is InChI=1S/C8H7N5O4S/c14-6-1-7(15)11-8(10-6)18-4-12-3-5(2-9-12)13(16)17/h1-3H,4H2,(H2,10,11,14,15). The molecule has 9 nitrogen and oxygen atoms in total. The summed E-state index contributed by atoms with van der Waals surface area (Å²) in [5.74, 6) is -0.159. The molecule has 0 unspecified atom stereocenters. The van der Waals surface area contributed by atoms with Gasteiger partial charge in [0.15, 0.2) is 5.16 Å². The molecule has 18 heavy (non-hydrogen) atoms. The van der Waals surface area contributed by atoms with Crippen LogP contribution < -0.4 is 5.56 Å². The van der Waals surface area contributed by atoms with Crippen molar-refractivity contribution in [3.63, 3.8) is 0 Å². The zero-order valence-corrected chi connectivity index (χ0v) is 9.62. The second-order valence-corrected chi connectivity index (χ2v) is 4.11. The van der Waals surface area contributed by atoms with Gasteiger partial charge in [-0.3, -0.25) is 19.6 Å². The van der Waals surface area contributed by atoms with Crippen molar-refractivity contribution < 1.29 is 10.0 Å². The van der Waals surface area contributed by atoms with E-state index in [4.69, 9.17) is 5.11 Å². The molecule has 2 aromatic rings. The molecule has 0 spiro atoms. The molecule has 0 radical (unpaired) electrons. The average Bonchev–Trinajstić information content (AvgIpc) is 2.73. The van der Waals surface area contributed by atoms with Gasteiger partial charge < -0.3 is 10.1 Å². The number of aromatic amines is 1. The van der Waals surface area contributed by atoms with Crippen LogP contribution in [0.2, 0.25) is 0 Å².